The fourth-order valence-electron chi connectivity index (χ4n) is 5.09. The van der Waals surface area contributed by atoms with Crippen molar-refractivity contribution in [1.29, 1.82) is 0 Å². The lowest BCUT2D eigenvalue weighted by atomic mass is 9.93. The summed E-state index contributed by atoms with van der Waals surface area (Å²) in [5.41, 5.74) is 2.90. The van der Waals surface area contributed by atoms with Gasteiger partial charge in [0.2, 0.25) is 0 Å². The Morgan fingerprint density at radius 3 is 2.33 bits per heavy atom. The van der Waals surface area contributed by atoms with Gasteiger partial charge in [0.25, 0.3) is 11.5 Å². The van der Waals surface area contributed by atoms with E-state index in [1.54, 1.807) is 56.3 Å². The maximum Gasteiger partial charge on any atom is 0.338 e. The van der Waals surface area contributed by atoms with Crippen LogP contribution < -0.4 is 19.9 Å². The number of hydrogen-bond donors (Lipinski definition) is 0. The van der Waals surface area contributed by atoms with Crippen molar-refractivity contribution in [3.63, 3.8) is 0 Å². The van der Waals surface area contributed by atoms with Gasteiger partial charge in [-0.25, -0.2) is 9.79 Å². The maximum atomic E-state index is 14.1. The van der Waals surface area contributed by atoms with Crippen LogP contribution in [-0.2, 0) is 14.3 Å². The Hall–Kier alpha value is -4.60. The number of thiazole rings is 1. The van der Waals surface area contributed by atoms with Crippen LogP contribution in [0.5, 0.6) is 0 Å². The van der Waals surface area contributed by atoms with E-state index in [0.29, 0.717) is 42.6 Å². The monoisotopic (exact) mass is 596 g/mol. The number of rotatable bonds is 6. The number of carbonyl (C=O) groups excluding carboxylic acids is 2. The quantitative estimate of drug-likeness (QED) is 0.305. The Balaban J connectivity index is 1.55. The van der Waals surface area contributed by atoms with Crippen molar-refractivity contribution in [2.45, 2.75) is 19.9 Å². The second-order valence-corrected chi connectivity index (χ2v) is 11.2. The molecule has 0 radical (unpaired) electrons. The summed E-state index contributed by atoms with van der Waals surface area (Å²) in [6.07, 6.45) is 1.64. The lowest BCUT2D eigenvalue weighted by Gasteiger charge is -2.26. The van der Waals surface area contributed by atoms with E-state index in [-0.39, 0.29) is 23.6 Å². The Bertz CT molecular complexity index is 1930. The average Bonchev–Trinajstić information content (AvgIpc) is 3.48. The summed E-state index contributed by atoms with van der Waals surface area (Å²) in [6, 6.07) is 24.6. The van der Waals surface area contributed by atoms with Gasteiger partial charge in [-0.2, -0.15) is 10.1 Å². The minimum absolute atomic E-state index is 0.155. The first kappa shape index (κ1) is 27.6. The van der Waals surface area contributed by atoms with E-state index < -0.39 is 17.9 Å². The molecule has 0 aliphatic carbocycles. The molecule has 210 valence electrons. The number of nitrogens with zero attached hydrogens (tertiary/aromatic N) is 4. The third-order valence-corrected chi connectivity index (χ3v) is 8.31. The zero-order chi connectivity index (χ0) is 29.4. The van der Waals surface area contributed by atoms with Crippen LogP contribution in [0.4, 0.5) is 5.69 Å². The second kappa shape index (κ2) is 11.3. The zero-order valence-corrected chi connectivity index (χ0v) is 24.3. The van der Waals surface area contributed by atoms with E-state index >= 15 is 0 Å². The molecule has 0 spiro atoms. The van der Waals surface area contributed by atoms with Gasteiger partial charge < -0.3 is 4.74 Å². The normalized spacial score (nSPS) is 18.5. The molecular formula is C32H25ClN4O4S. The van der Waals surface area contributed by atoms with Gasteiger partial charge in [-0.3, -0.25) is 14.2 Å². The van der Waals surface area contributed by atoms with Gasteiger partial charge in [0, 0.05) is 10.6 Å². The number of carbonyl (C=O) groups is 2. The topological polar surface area (TPSA) is 93.3 Å². The SMILES string of the molecule is CCOC(=O)C1=C(c2ccccc2)N=c2s/c(=C/[C@H]3C(=O)N(c4ccccc4)N=C3C)c(=O)n2[C@H]1c1ccc(Cl)cc1. The first-order valence-electron chi connectivity index (χ1n) is 13.4. The third-order valence-electron chi connectivity index (χ3n) is 7.06. The molecule has 0 saturated carbocycles. The number of para-hydroxylation sites is 1. The highest BCUT2D eigenvalue weighted by atomic mass is 35.5. The van der Waals surface area contributed by atoms with E-state index in [9.17, 15) is 14.4 Å². The molecule has 0 bridgehead atoms. The average molecular weight is 597 g/mol. The molecule has 42 heavy (non-hydrogen) atoms. The second-order valence-electron chi connectivity index (χ2n) is 9.71. The van der Waals surface area contributed by atoms with Crippen LogP contribution in [0.3, 0.4) is 0 Å². The molecule has 3 heterocycles. The van der Waals surface area contributed by atoms with E-state index in [1.165, 1.54) is 20.9 Å². The molecular weight excluding hydrogens is 572 g/mol. The minimum atomic E-state index is -0.829. The van der Waals surface area contributed by atoms with Crippen LogP contribution in [0.15, 0.2) is 105 Å². The first-order chi connectivity index (χ1) is 20.4. The van der Waals surface area contributed by atoms with Gasteiger partial charge in [0.15, 0.2) is 4.80 Å². The maximum absolute atomic E-state index is 14.1. The molecule has 4 aromatic rings. The van der Waals surface area contributed by atoms with Crippen molar-refractivity contribution in [3.05, 3.63) is 126 Å². The minimum Gasteiger partial charge on any atom is -0.463 e. The number of hydrazone groups is 1. The first-order valence-corrected chi connectivity index (χ1v) is 14.5. The van der Waals surface area contributed by atoms with Crippen LogP contribution in [0.1, 0.15) is 31.0 Å². The van der Waals surface area contributed by atoms with Gasteiger partial charge >= 0.3 is 5.97 Å². The lowest BCUT2D eigenvalue weighted by molar-refractivity contribution is -0.138. The van der Waals surface area contributed by atoms with Crippen LogP contribution in [0.2, 0.25) is 5.02 Å². The van der Waals surface area contributed by atoms with Gasteiger partial charge in [-0.15, -0.1) is 0 Å². The molecule has 0 N–H and O–H groups in total. The van der Waals surface area contributed by atoms with Crippen molar-refractivity contribution in [2.75, 3.05) is 11.6 Å². The van der Waals surface area contributed by atoms with Crippen molar-refractivity contribution < 1.29 is 14.3 Å². The lowest BCUT2D eigenvalue weighted by Crippen LogP contribution is -2.40. The molecule has 1 amide bonds. The zero-order valence-electron chi connectivity index (χ0n) is 22.7. The number of amides is 1. The Morgan fingerprint density at radius 2 is 1.67 bits per heavy atom. The molecule has 6 rings (SSSR count). The Morgan fingerprint density at radius 1 is 1.00 bits per heavy atom. The number of ether oxygens (including phenoxy) is 1. The molecule has 0 unspecified atom stereocenters. The summed E-state index contributed by atoms with van der Waals surface area (Å²) in [6.45, 7) is 3.65. The molecule has 10 heteroatoms. The van der Waals surface area contributed by atoms with Crippen molar-refractivity contribution in [3.8, 4) is 0 Å². The van der Waals surface area contributed by atoms with E-state index in [2.05, 4.69) is 5.10 Å². The van der Waals surface area contributed by atoms with Crippen molar-refractivity contribution in [1.82, 2.24) is 4.57 Å². The van der Waals surface area contributed by atoms with E-state index in [4.69, 9.17) is 21.3 Å². The summed E-state index contributed by atoms with van der Waals surface area (Å²) >= 11 is 7.36. The molecule has 2 aliphatic heterocycles. The molecule has 3 aromatic carbocycles. The van der Waals surface area contributed by atoms with Crippen LogP contribution in [0, 0.1) is 5.92 Å². The number of aromatic nitrogens is 1. The van der Waals surface area contributed by atoms with Crippen LogP contribution in [0.25, 0.3) is 11.8 Å². The van der Waals surface area contributed by atoms with Crippen LogP contribution in [-0.4, -0.2) is 28.8 Å². The van der Waals surface area contributed by atoms with E-state index in [1.807, 2.05) is 48.5 Å². The van der Waals surface area contributed by atoms with Gasteiger partial charge in [0.05, 0.1) is 39.9 Å². The largest absolute Gasteiger partial charge is 0.463 e. The summed E-state index contributed by atoms with van der Waals surface area (Å²) in [5.74, 6) is -1.54. The molecule has 0 fully saturated rings. The fraction of sp³-hybridized carbons (Fsp3) is 0.156. The summed E-state index contributed by atoms with van der Waals surface area (Å²) in [5, 5.41) is 6.35. The van der Waals surface area contributed by atoms with Crippen molar-refractivity contribution in [2.24, 2.45) is 16.0 Å². The van der Waals surface area contributed by atoms with Gasteiger partial charge in [-0.1, -0.05) is 83.6 Å². The Labute approximate surface area is 250 Å². The predicted molar refractivity (Wildman–Crippen MR) is 164 cm³/mol. The number of benzene rings is 3. The summed E-state index contributed by atoms with van der Waals surface area (Å²) < 4.78 is 7.32. The standard InChI is InChI=1S/C32H25ClN4O4S/c1-3-41-31(40)26-27(20-10-6-4-7-11-20)34-32-36(28(26)21-14-16-22(33)17-15-21)30(39)25(42-32)18-24-19(2)35-37(29(24)38)23-12-8-5-9-13-23/h4-18,24,28H,3H2,1-2H3/b25-18+/t24-,28+/m1/s1. The number of anilines is 1. The number of halogens is 1. The molecule has 8 nitrogen and oxygen atoms in total. The molecule has 2 atom stereocenters. The summed E-state index contributed by atoms with van der Waals surface area (Å²) in [7, 11) is 0. The molecule has 0 saturated heterocycles. The number of fused-ring (bicyclic) bond motifs is 1. The number of hydrogen-bond acceptors (Lipinski definition) is 7. The van der Waals surface area contributed by atoms with Gasteiger partial charge in [-0.05, 0) is 49.8 Å². The highest BCUT2D eigenvalue weighted by Crippen LogP contribution is 2.35. The highest BCUT2D eigenvalue weighted by Gasteiger charge is 2.36. The number of esters is 1. The van der Waals surface area contributed by atoms with Crippen molar-refractivity contribution >= 4 is 58.0 Å². The Kier molecular flexibility index (Phi) is 7.45. The molecule has 1 aromatic heterocycles. The molecule has 2 aliphatic rings. The van der Waals surface area contributed by atoms with Crippen LogP contribution >= 0.6 is 22.9 Å². The highest BCUT2D eigenvalue weighted by molar-refractivity contribution is 7.07. The fourth-order valence-corrected chi connectivity index (χ4v) is 6.23. The predicted octanol–water partition coefficient (Wildman–Crippen LogP) is 4.58. The summed E-state index contributed by atoms with van der Waals surface area (Å²) in [4.78, 5) is 46.3. The van der Waals surface area contributed by atoms with E-state index in [0.717, 1.165) is 0 Å². The van der Waals surface area contributed by atoms with Gasteiger partial charge in [0.1, 0.15) is 5.92 Å². The smallest absolute Gasteiger partial charge is 0.338 e. The third kappa shape index (κ3) is 4.91.